The number of nitrogen functional groups attached to an aromatic ring is 1. The molecule has 29 heavy (non-hydrogen) atoms. The smallest absolute Gasteiger partial charge is 0.338 e. The van der Waals surface area contributed by atoms with Gasteiger partial charge in [0.25, 0.3) is 11.5 Å². The maximum Gasteiger partial charge on any atom is 0.338 e. The highest BCUT2D eigenvalue weighted by Crippen LogP contribution is 2.17. The van der Waals surface area contributed by atoms with Crippen molar-refractivity contribution < 1.29 is 14.3 Å². The lowest BCUT2D eigenvalue weighted by Gasteiger charge is -2.23. The molecular formula is C20H26N4O5. The molecule has 1 aromatic heterocycles. The van der Waals surface area contributed by atoms with E-state index in [0.29, 0.717) is 18.5 Å². The predicted octanol–water partition coefficient (Wildman–Crippen LogP) is 1.44. The molecule has 1 aromatic carbocycles. The number of hydrogen-bond acceptors (Lipinski definition) is 6. The normalized spacial score (nSPS) is 10.6. The minimum absolute atomic E-state index is 0.0902. The third kappa shape index (κ3) is 4.92. The number of anilines is 2. The van der Waals surface area contributed by atoms with Crippen LogP contribution in [0.1, 0.15) is 42.6 Å². The quantitative estimate of drug-likeness (QED) is 0.643. The van der Waals surface area contributed by atoms with Gasteiger partial charge in [0.05, 0.1) is 5.56 Å². The summed E-state index contributed by atoms with van der Waals surface area (Å²) in [5, 5.41) is 0. The number of benzene rings is 1. The van der Waals surface area contributed by atoms with Crippen LogP contribution in [-0.4, -0.2) is 34.6 Å². The van der Waals surface area contributed by atoms with Gasteiger partial charge in [-0.25, -0.2) is 9.59 Å². The van der Waals surface area contributed by atoms with Crippen LogP contribution in [-0.2, 0) is 16.1 Å². The molecule has 156 valence electrons. The van der Waals surface area contributed by atoms with E-state index in [9.17, 15) is 19.2 Å². The summed E-state index contributed by atoms with van der Waals surface area (Å²) < 4.78 is 6.35. The predicted molar refractivity (Wildman–Crippen MR) is 110 cm³/mol. The van der Waals surface area contributed by atoms with Gasteiger partial charge >= 0.3 is 11.7 Å². The molecule has 1 heterocycles. The largest absolute Gasteiger partial charge is 0.452 e. The molecule has 0 aliphatic rings. The monoisotopic (exact) mass is 402 g/mol. The highest BCUT2D eigenvalue weighted by molar-refractivity contribution is 5.98. The Morgan fingerprint density at radius 3 is 2.52 bits per heavy atom. The molecule has 0 fully saturated rings. The summed E-state index contributed by atoms with van der Waals surface area (Å²) in [4.78, 5) is 52.6. The van der Waals surface area contributed by atoms with Crippen LogP contribution in [0.5, 0.6) is 0 Å². The highest BCUT2D eigenvalue weighted by atomic mass is 16.5. The van der Waals surface area contributed by atoms with Crippen molar-refractivity contribution >= 4 is 23.4 Å². The first-order valence-electron chi connectivity index (χ1n) is 9.47. The van der Waals surface area contributed by atoms with E-state index in [1.165, 1.54) is 4.57 Å². The number of rotatable bonds is 8. The van der Waals surface area contributed by atoms with Crippen molar-refractivity contribution in [3.8, 4) is 0 Å². The number of aromatic nitrogens is 2. The third-order valence-electron chi connectivity index (χ3n) is 4.53. The second kappa shape index (κ2) is 9.72. The molecule has 1 amide bonds. The van der Waals surface area contributed by atoms with Gasteiger partial charge in [-0.3, -0.25) is 19.1 Å². The number of aromatic amines is 1. The fourth-order valence-electron chi connectivity index (χ4n) is 2.92. The number of ether oxygens (including phenoxy) is 1. The number of likely N-dealkylation sites (N-methyl/N-ethyl adjacent to an activating group) is 1. The first kappa shape index (κ1) is 21.9. The summed E-state index contributed by atoms with van der Waals surface area (Å²) in [6.45, 7) is 5.24. The fraction of sp³-hybridized carbons (Fsp3) is 0.400. The molecule has 0 bridgehead atoms. The number of aryl methyl sites for hydroxylation is 1. The van der Waals surface area contributed by atoms with Gasteiger partial charge in [0.15, 0.2) is 12.3 Å². The van der Waals surface area contributed by atoms with Crippen LogP contribution in [0.25, 0.3) is 0 Å². The van der Waals surface area contributed by atoms with Gasteiger partial charge in [-0.15, -0.1) is 0 Å². The number of nitrogens with one attached hydrogen (secondary N) is 1. The first-order valence-corrected chi connectivity index (χ1v) is 9.47. The molecule has 0 atom stereocenters. The molecule has 3 N–H and O–H groups in total. The Labute approximate surface area is 168 Å². The van der Waals surface area contributed by atoms with E-state index in [4.69, 9.17) is 10.5 Å². The molecule has 0 saturated heterocycles. The highest BCUT2D eigenvalue weighted by Gasteiger charge is 2.24. The summed E-state index contributed by atoms with van der Waals surface area (Å²) in [5.74, 6) is -1.35. The summed E-state index contributed by atoms with van der Waals surface area (Å²) in [6, 6.07) is 6.85. The van der Waals surface area contributed by atoms with E-state index in [0.717, 1.165) is 16.9 Å². The van der Waals surface area contributed by atoms with Crippen LogP contribution < -0.4 is 21.9 Å². The Bertz CT molecular complexity index is 1010. The number of amides is 1. The van der Waals surface area contributed by atoms with Crippen LogP contribution in [0.3, 0.4) is 0 Å². The zero-order valence-corrected chi connectivity index (χ0v) is 16.9. The molecule has 0 spiro atoms. The van der Waals surface area contributed by atoms with E-state index in [1.807, 2.05) is 6.92 Å². The number of nitrogens with two attached hydrogens (primary N) is 1. The standard InChI is InChI=1S/C20H26N4O5/c1-4-6-11-24-17(21)16(18(26)22-20(24)28)23(5-2)15(25)12-29-19(27)14-10-8-7-9-13(14)3/h7-10H,4-6,11-12,21H2,1-3H3,(H,22,26,28). The second-order valence-electron chi connectivity index (χ2n) is 6.53. The van der Waals surface area contributed by atoms with Crippen LogP contribution in [0, 0.1) is 6.92 Å². The van der Waals surface area contributed by atoms with Crippen molar-refractivity contribution in [1.82, 2.24) is 9.55 Å². The van der Waals surface area contributed by atoms with E-state index in [2.05, 4.69) is 4.98 Å². The maximum absolute atomic E-state index is 12.7. The number of nitrogens with zero attached hydrogens (tertiary/aromatic N) is 2. The van der Waals surface area contributed by atoms with E-state index in [-0.39, 0.29) is 18.1 Å². The molecule has 2 aromatic rings. The van der Waals surface area contributed by atoms with E-state index in [1.54, 1.807) is 38.1 Å². The van der Waals surface area contributed by atoms with Crippen LogP contribution in [0.15, 0.2) is 33.9 Å². The van der Waals surface area contributed by atoms with Crippen LogP contribution >= 0.6 is 0 Å². The number of H-pyrrole nitrogens is 1. The number of unbranched alkanes of at least 4 members (excludes halogenated alkanes) is 1. The Kier molecular flexibility index (Phi) is 7.35. The van der Waals surface area contributed by atoms with Gasteiger partial charge in [0, 0.05) is 13.1 Å². The Hall–Kier alpha value is -3.36. The Morgan fingerprint density at radius 1 is 1.21 bits per heavy atom. The summed E-state index contributed by atoms with van der Waals surface area (Å²) >= 11 is 0. The zero-order chi connectivity index (χ0) is 21.6. The third-order valence-corrected chi connectivity index (χ3v) is 4.53. The first-order chi connectivity index (χ1) is 13.8. The summed E-state index contributed by atoms with van der Waals surface area (Å²) in [7, 11) is 0. The van der Waals surface area contributed by atoms with Crippen LogP contribution in [0.2, 0.25) is 0 Å². The average Bonchev–Trinajstić information content (AvgIpc) is 2.69. The minimum atomic E-state index is -0.763. The van der Waals surface area contributed by atoms with Gasteiger partial charge in [0.2, 0.25) is 0 Å². The molecular weight excluding hydrogens is 376 g/mol. The molecule has 0 radical (unpaired) electrons. The van der Waals surface area contributed by atoms with Gasteiger partial charge in [-0.05, 0) is 31.9 Å². The van der Waals surface area contributed by atoms with Crippen molar-refractivity contribution in [3.63, 3.8) is 0 Å². The van der Waals surface area contributed by atoms with Gasteiger partial charge in [-0.1, -0.05) is 31.5 Å². The Balaban J connectivity index is 2.25. The number of carbonyl (C=O) groups is 2. The number of hydrogen-bond donors (Lipinski definition) is 2. The Morgan fingerprint density at radius 2 is 1.90 bits per heavy atom. The molecule has 0 aliphatic heterocycles. The zero-order valence-electron chi connectivity index (χ0n) is 16.9. The minimum Gasteiger partial charge on any atom is -0.452 e. The summed E-state index contributed by atoms with van der Waals surface area (Å²) in [5.41, 5.74) is 5.61. The number of carbonyl (C=O) groups excluding carboxylic acids is 2. The van der Waals surface area contributed by atoms with E-state index >= 15 is 0 Å². The molecule has 0 unspecified atom stereocenters. The van der Waals surface area contributed by atoms with Crippen molar-refractivity contribution in [2.75, 3.05) is 23.8 Å². The maximum atomic E-state index is 12.7. The lowest BCUT2D eigenvalue weighted by atomic mass is 10.1. The second-order valence-corrected chi connectivity index (χ2v) is 6.53. The summed E-state index contributed by atoms with van der Waals surface area (Å²) in [6.07, 6.45) is 1.51. The average molecular weight is 402 g/mol. The molecule has 2 rings (SSSR count). The number of esters is 1. The van der Waals surface area contributed by atoms with Crippen molar-refractivity contribution in [3.05, 3.63) is 56.2 Å². The van der Waals surface area contributed by atoms with Crippen molar-refractivity contribution in [1.29, 1.82) is 0 Å². The molecule has 9 nitrogen and oxygen atoms in total. The van der Waals surface area contributed by atoms with Crippen molar-refractivity contribution in [2.24, 2.45) is 0 Å². The molecule has 0 aliphatic carbocycles. The van der Waals surface area contributed by atoms with Crippen LogP contribution in [0.4, 0.5) is 11.5 Å². The van der Waals surface area contributed by atoms with E-state index < -0.39 is 29.7 Å². The lowest BCUT2D eigenvalue weighted by Crippen LogP contribution is -2.42. The SMILES string of the molecule is CCCCn1c(N)c(N(CC)C(=O)COC(=O)c2ccccc2C)c(=O)[nH]c1=O. The lowest BCUT2D eigenvalue weighted by molar-refractivity contribution is -0.121. The topological polar surface area (TPSA) is 127 Å². The molecule has 9 heteroatoms. The van der Waals surface area contributed by atoms with Gasteiger partial charge < -0.3 is 15.4 Å². The fourth-order valence-corrected chi connectivity index (χ4v) is 2.92. The van der Waals surface area contributed by atoms with Crippen molar-refractivity contribution in [2.45, 2.75) is 40.2 Å². The molecule has 0 saturated carbocycles. The van der Waals surface area contributed by atoms with Gasteiger partial charge in [-0.2, -0.15) is 0 Å². The van der Waals surface area contributed by atoms with Gasteiger partial charge in [0.1, 0.15) is 5.82 Å².